The third kappa shape index (κ3) is 4.00. The van der Waals surface area contributed by atoms with Gasteiger partial charge in [-0.05, 0) is 25.0 Å². The Hall–Kier alpha value is -1.50. The van der Waals surface area contributed by atoms with E-state index in [1.165, 1.54) is 19.1 Å². The lowest BCUT2D eigenvalue weighted by Gasteiger charge is -2.35. The van der Waals surface area contributed by atoms with Crippen molar-refractivity contribution in [2.45, 2.75) is 33.0 Å². The fourth-order valence-corrected chi connectivity index (χ4v) is 2.37. The lowest BCUT2D eigenvalue weighted by Crippen LogP contribution is -2.47. The normalized spacial score (nSPS) is 26.8. The average Bonchev–Trinajstić information content (AvgIpc) is 2.42. The van der Waals surface area contributed by atoms with Crippen molar-refractivity contribution in [2.75, 3.05) is 13.2 Å². The number of carbonyl (C=O) groups excluding carboxylic acids is 2. The predicted octanol–water partition coefficient (Wildman–Crippen LogP) is -0.0287. The Morgan fingerprint density at radius 1 is 1.43 bits per heavy atom. The van der Waals surface area contributed by atoms with Crippen LogP contribution in [0.25, 0.3) is 0 Å². The molecule has 0 saturated carbocycles. The zero-order valence-electron chi connectivity index (χ0n) is 12.4. The molecule has 0 fully saturated rings. The molecule has 0 bridgehead atoms. The van der Waals surface area contributed by atoms with E-state index in [9.17, 15) is 14.7 Å². The van der Waals surface area contributed by atoms with Gasteiger partial charge in [-0.25, -0.2) is 4.79 Å². The summed E-state index contributed by atoms with van der Waals surface area (Å²) in [5.41, 5.74) is 0.225. The maximum absolute atomic E-state index is 12.2. The van der Waals surface area contributed by atoms with Crippen molar-refractivity contribution in [1.82, 2.24) is 0 Å². The summed E-state index contributed by atoms with van der Waals surface area (Å²) in [6, 6.07) is 0. The molecule has 6 heteroatoms. The SMILES string of the molecule is CC(=CCO)C(=O)O[C@@H]1C(=O)C(CO)=C[C@@H](O)[C@H]1C(C)C. The molecule has 1 aliphatic carbocycles. The van der Waals surface area contributed by atoms with Gasteiger partial charge in [-0.1, -0.05) is 13.8 Å². The maximum Gasteiger partial charge on any atom is 0.334 e. The maximum atomic E-state index is 12.2. The highest BCUT2D eigenvalue weighted by atomic mass is 16.5. The topological polar surface area (TPSA) is 104 Å². The van der Waals surface area contributed by atoms with E-state index in [1.54, 1.807) is 0 Å². The summed E-state index contributed by atoms with van der Waals surface area (Å²) in [5.74, 6) is -1.88. The Morgan fingerprint density at radius 2 is 2.05 bits per heavy atom. The molecular formula is C15H22O6. The van der Waals surface area contributed by atoms with Gasteiger partial charge >= 0.3 is 5.97 Å². The Labute approximate surface area is 123 Å². The van der Waals surface area contributed by atoms with Gasteiger partial charge in [0.15, 0.2) is 6.10 Å². The van der Waals surface area contributed by atoms with Crippen LogP contribution in [-0.2, 0) is 14.3 Å². The first-order chi connectivity index (χ1) is 9.83. The molecule has 0 saturated heterocycles. The number of rotatable bonds is 5. The highest BCUT2D eigenvalue weighted by Gasteiger charge is 2.42. The number of ketones is 1. The number of carbonyl (C=O) groups is 2. The van der Waals surface area contributed by atoms with Gasteiger partial charge in [0.25, 0.3) is 0 Å². The number of aliphatic hydroxyl groups excluding tert-OH is 3. The van der Waals surface area contributed by atoms with E-state index in [-0.39, 0.29) is 23.7 Å². The van der Waals surface area contributed by atoms with Crippen LogP contribution >= 0.6 is 0 Å². The Bertz CT molecular complexity index is 463. The molecule has 6 nitrogen and oxygen atoms in total. The largest absolute Gasteiger partial charge is 0.450 e. The van der Waals surface area contributed by atoms with Crippen molar-refractivity contribution in [3.8, 4) is 0 Å². The van der Waals surface area contributed by atoms with Gasteiger partial charge in [0.2, 0.25) is 5.78 Å². The number of Topliss-reactive ketones (excluding diaryl/α,β-unsaturated/α-hetero) is 1. The van der Waals surface area contributed by atoms with Crippen LogP contribution in [0.5, 0.6) is 0 Å². The number of aliphatic hydroxyl groups is 3. The summed E-state index contributed by atoms with van der Waals surface area (Å²) >= 11 is 0. The van der Waals surface area contributed by atoms with Crippen LogP contribution in [0.3, 0.4) is 0 Å². The molecule has 0 aromatic rings. The molecule has 0 spiro atoms. The average molecular weight is 298 g/mol. The Morgan fingerprint density at radius 3 is 2.52 bits per heavy atom. The second-order valence-electron chi connectivity index (χ2n) is 5.42. The summed E-state index contributed by atoms with van der Waals surface area (Å²) in [6.45, 7) is 4.28. The second-order valence-corrected chi connectivity index (χ2v) is 5.42. The minimum atomic E-state index is -1.14. The van der Waals surface area contributed by atoms with E-state index in [1.807, 2.05) is 13.8 Å². The van der Waals surface area contributed by atoms with Crippen molar-refractivity contribution in [3.05, 3.63) is 23.3 Å². The van der Waals surface area contributed by atoms with Gasteiger partial charge in [-0.15, -0.1) is 0 Å². The van der Waals surface area contributed by atoms with Crippen LogP contribution in [0.1, 0.15) is 20.8 Å². The summed E-state index contributed by atoms with van der Waals surface area (Å²) in [6.07, 6.45) is 0.485. The van der Waals surface area contributed by atoms with E-state index < -0.39 is 36.5 Å². The van der Waals surface area contributed by atoms with Crippen LogP contribution in [0.2, 0.25) is 0 Å². The molecule has 3 atom stereocenters. The molecule has 0 aromatic heterocycles. The van der Waals surface area contributed by atoms with Gasteiger partial charge in [-0.3, -0.25) is 4.79 Å². The summed E-state index contributed by atoms with van der Waals surface area (Å²) in [7, 11) is 0. The molecule has 0 aromatic carbocycles. The Balaban J connectivity index is 3.05. The third-order valence-electron chi connectivity index (χ3n) is 3.58. The van der Waals surface area contributed by atoms with Crippen LogP contribution in [0.4, 0.5) is 0 Å². The minimum Gasteiger partial charge on any atom is -0.450 e. The molecule has 0 aliphatic heterocycles. The van der Waals surface area contributed by atoms with Crippen molar-refractivity contribution >= 4 is 11.8 Å². The van der Waals surface area contributed by atoms with Crippen molar-refractivity contribution < 1.29 is 29.6 Å². The summed E-state index contributed by atoms with van der Waals surface area (Å²) in [4.78, 5) is 24.1. The number of esters is 1. The van der Waals surface area contributed by atoms with Crippen molar-refractivity contribution in [3.63, 3.8) is 0 Å². The van der Waals surface area contributed by atoms with Gasteiger partial charge in [0.1, 0.15) is 0 Å². The number of ether oxygens (including phenoxy) is 1. The Kier molecular flexibility index (Phi) is 6.26. The van der Waals surface area contributed by atoms with Crippen LogP contribution in [0, 0.1) is 11.8 Å². The van der Waals surface area contributed by atoms with Crippen molar-refractivity contribution in [2.24, 2.45) is 11.8 Å². The molecule has 0 radical (unpaired) electrons. The van der Waals surface area contributed by atoms with Gasteiger partial charge in [0, 0.05) is 17.1 Å². The van der Waals surface area contributed by atoms with E-state index in [0.717, 1.165) is 0 Å². The lowest BCUT2D eigenvalue weighted by molar-refractivity contribution is -0.158. The molecule has 118 valence electrons. The standard InChI is InChI=1S/C15H22O6/c1-8(2)12-11(18)6-10(7-17)13(19)14(12)21-15(20)9(3)4-5-16/h4,6,8,11-12,14,16-18H,5,7H2,1-3H3/t11-,12-,14+/m1/s1. The number of hydrogen-bond acceptors (Lipinski definition) is 6. The molecule has 1 aliphatic rings. The van der Waals surface area contributed by atoms with Crippen LogP contribution in [0.15, 0.2) is 23.3 Å². The lowest BCUT2D eigenvalue weighted by atomic mass is 9.77. The van der Waals surface area contributed by atoms with Crippen LogP contribution in [-0.4, -0.2) is 52.5 Å². The fourth-order valence-electron chi connectivity index (χ4n) is 2.37. The van der Waals surface area contributed by atoms with E-state index in [4.69, 9.17) is 14.9 Å². The quantitative estimate of drug-likeness (QED) is 0.486. The zero-order chi connectivity index (χ0) is 16.2. The predicted molar refractivity (Wildman–Crippen MR) is 75.2 cm³/mol. The van der Waals surface area contributed by atoms with Gasteiger partial charge < -0.3 is 20.1 Å². The van der Waals surface area contributed by atoms with Crippen molar-refractivity contribution in [1.29, 1.82) is 0 Å². The minimum absolute atomic E-state index is 0.0426. The summed E-state index contributed by atoms with van der Waals surface area (Å²) < 4.78 is 5.21. The smallest absolute Gasteiger partial charge is 0.334 e. The highest BCUT2D eigenvalue weighted by molar-refractivity contribution is 6.02. The second kappa shape index (κ2) is 7.49. The van der Waals surface area contributed by atoms with Gasteiger partial charge in [0.05, 0.1) is 19.3 Å². The summed E-state index contributed by atoms with van der Waals surface area (Å²) in [5, 5.41) is 28.0. The molecule has 21 heavy (non-hydrogen) atoms. The molecule has 3 N–H and O–H groups in total. The third-order valence-corrected chi connectivity index (χ3v) is 3.58. The zero-order valence-corrected chi connectivity index (χ0v) is 12.4. The molecule has 0 heterocycles. The number of hydrogen-bond donors (Lipinski definition) is 3. The monoisotopic (exact) mass is 298 g/mol. The fraction of sp³-hybridized carbons (Fsp3) is 0.600. The van der Waals surface area contributed by atoms with E-state index in [0.29, 0.717) is 0 Å². The highest BCUT2D eigenvalue weighted by Crippen LogP contribution is 2.30. The van der Waals surface area contributed by atoms with E-state index in [2.05, 4.69) is 0 Å². The van der Waals surface area contributed by atoms with E-state index >= 15 is 0 Å². The van der Waals surface area contributed by atoms with Crippen LogP contribution < -0.4 is 0 Å². The first kappa shape index (κ1) is 17.6. The first-order valence-corrected chi connectivity index (χ1v) is 6.85. The molecule has 0 amide bonds. The van der Waals surface area contributed by atoms with Gasteiger partial charge in [-0.2, -0.15) is 0 Å². The molecular weight excluding hydrogens is 276 g/mol. The first-order valence-electron chi connectivity index (χ1n) is 6.85. The molecule has 0 unspecified atom stereocenters. The molecule has 1 rings (SSSR count).